The summed E-state index contributed by atoms with van der Waals surface area (Å²) in [6, 6.07) is 0. The predicted octanol–water partition coefficient (Wildman–Crippen LogP) is 4.15. The molecule has 0 aromatic rings. The summed E-state index contributed by atoms with van der Waals surface area (Å²) >= 11 is 0. The Labute approximate surface area is 93.5 Å². The average Bonchev–Trinajstić information content (AvgIpc) is 2.25. The third-order valence-electron chi connectivity index (χ3n) is 2.12. The van der Waals surface area contributed by atoms with Gasteiger partial charge in [-0.15, -0.1) is 0 Å². The lowest BCUT2D eigenvalue weighted by atomic mass is 10.1. The van der Waals surface area contributed by atoms with Crippen LogP contribution in [-0.2, 0) is 0 Å². The highest BCUT2D eigenvalue weighted by Gasteiger charge is 1.95. The molecule has 84 valence electrons. The molecule has 0 fully saturated rings. The maximum absolute atomic E-state index is 4.16. The summed E-state index contributed by atoms with van der Waals surface area (Å²) in [7, 11) is 0. The zero-order chi connectivity index (χ0) is 11.4. The number of aliphatic imine (C=N–C) groups is 2. The first-order valence-electron chi connectivity index (χ1n) is 5.66. The molecule has 2 heteroatoms. The van der Waals surface area contributed by atoms with Gasteiger partial charge in [-0.2, -0.15) is 0 Å². The van der Waals surface area contributed by atoms with Crippen LogP contribution in [0.3, 0.4) is 0 Å². The van der Waals surface area contributed by atoms with Gasteiger partial charge in [0.15, 0.2) is 0 Å². The smallest absolute Gasteiger partial charge is 0.0585 e. The lowest BCUT2D eigenvalue weighted by molar-refractivity contribution is 0.644. The Morgan fingerprint density at radius 2 is 1.80 bits per heavy atom. The Bertz CT molecular complexity index is 227. The first kappa shape index (κ1) is 13.8. The van der Waals surface area contributed by atoms with Gasteiger partial charge in [0.1, 0.15) is 0 Å². The quantitative estimate of drug-likeness (QED) is 0.400. The van der Waals surface area contributed by atoms with Crippen LogP contribution in [0.15, 0.2) is 35.5 Å². The summed E-state index contributed by atoms with van der Waals surface area (Å²) in [5.41, 5.74) is 0.987. The van der Waals surface area contributed by atoms with Crippen molar-refractivity contribution in [2.24, 2.45) is 9.98 Å². The van der Waals surface area contributed by atoms with E-state index in [1.807, 2.05) is 0 Å². The second-order valence-corrected chi connectivity index (χ2v) is 3.43. The molecule has 0 spiro atoms. The molecule has 0 amide bonds. The molecule has 0 saturated heterocycles. The summed E-state index contributed by atoms with van der Waals surface area (Å²) in [5, 5.41) is 0. The van der Waals surface area contributed by atoms with Gasteiger partial charge in [0, 0.05) is 18.6 Å². The van der Waals surface area contributed by atoms with Gasteiger partial charge in [-0.05, 0) is 12.8 Å². The molecule has 0 rings (SSSR count). The standard InChI is InChI=1S/C13H22N2/c1-4-7-8-9-10-11-13(15-6-3)12-14-5-2/h5-6,12H,2-4,7-11H2,1H3. The van der Waals surface area contributed by atoms with Gasteiger partial charge in [-0.1, -0.05) is 45.8 Å². The number of hydrogen-bond acceptors (Lipinski definition) is 2. The molecule has 0 heterocycles. The molecule has 0 radical (unpaired) electrons. The van der Waals surface area contributed by atoms with Gasteiger partial charge >= 0.3 is 0 Å². The van der Waals surface area contributed by atoms with E-state index in [2.05, 4.69) is 30.1 Å². The maximum atomic E-state index is 4.16. The van der Waals surface area contributed by atoms with E-state index < -0.39 is 0 Å². The van der Waals surface area contributed by atoms with Crippen molar-refractivity contribution in [3.63, 3.8) is 0 Å². The summed E-state index contributed by atoms with van der Waals surface area (Å²) in [6.45, 7) is 9.35. The van der Waals surface area contributed by atoms with E-state index >= 15 is 0 Å². The van der Waals surface area contributed by atoms with Gasteiger partial charge in [0.2, 0.25) is 0 Å². The van der Waals surface area contributed by atoms with E-state index in [4.69, 9.17) is 0 Å². The van der Waals surface area contributed by atoms with Crippen LogP contribution in [0.5, 0.6) is 0 Å². The monoisotopic (exact) mass is 206 g/mol. The number of nitrogens with zero attached hydrogens (tertiary/aromatic N) is 2. The SMILES string of the molecule is C=CN=CC(CCCCCCC)=NC=C. The molecule has 0 aromatic heterocycles. The molecule has 0 aliphatic carbocycles. The van der Waals surface area contributed by atoms with Crippen LogP contribution in [0.1, 0.15) is 45.4 Å². The van der Waals surface area contributed by atoms with Crippen molar-refractivity contribution >= 4 is 11.9 Å². The van der Waals surface area contributed by atoms with E-state index in [0.717, 1.165) is 12.1 Å². The normalized spacial score (nSPS) is 11.9. The highest BCUT2D eigenvalue weighted by atomic mass is 14.7. The molecule has 15 heavy (non-hydrogen) atoms. The number of rotatable bonds is 9. The lowest BCUT2D eigenvalue weighted by Crippen LogP contribution is -1.99. The van der Waals surface area contributed by atoms with Crippen LogP contribution in [0.25, 0.3) is 0 Å². The van der Waals surface area contributed by atoms with Gasteiger partial charge in [-0.25, -0.2) is 0 Å². The topological polar surface area (TPSA) is 24.7 Å². The van der Waals surface area contributed by atoms with Crippen LogP contribution >= 0.6 is 0 Å². The molecule has 0 saturated carbocycles. The molecule has 0 atom stereocenters. The molecule has 2 nitrogen and oxygen atoms in total. The molecule has 0 aromatic carbocycles. The van der Waals surface area contributed by atoms with E-state index in [-0.39, 0.29) is 0 Å². The third kappa shape index (κ3) is 9.13. The molecule has 0 aliphatic rings. The molecular weight excluding hydrogens is 184 g/mol. The summed E-state index contributed by atoms with van der Waals surface area (Å²) in [6.07, 6.45) is 12.2. The third-order valence-corrected chi connectivity index (χ3v) is 2.12. The van der Waals surface area contributed by atoms with Crippen molar-refractivity contribution in [3.8, 4) is 0 Å². The predicted molar refractivity (Wildman–Crippen MR) is 69.7 cm³/mol. The molecule has 0 aliphatic heterocycles. The Balaban J connectivity index is 3.77. The number of unbranched alkanes of at least 4 members (excludes halogenated alkanes) is 4. The maximum Gasteiger partial charge on any atom is 0.0585 e. The second-order valence-electron chi connectivity index (χ2n) is 3.43. The summed E-state index contributed by atoms with van der Waals surface area (Å²) in [5.74, 6) is 0. The Hall–Kier alpha value is -1.18. The van der Waals surface area contributed by atoms with E-state index in [9.17, 15) is 0 Å². The fourth-order valence-corrected chi connectivity index (χ4v) is 1.33. The van der Waals surface area contributed by atoms with Crippen molar-refractivity contribution in [3.05, 3.63) is 25.6 Å². The van der Waals surface area contributed by atoms with Gasteiger partial charge < -0.3 is 0 Å². The Morgan fingerprint density at radius 3 is 2.40 bits per heavy atom. The van der Waals surface area contributed by atoms with Crippen molar-refractivity contribution in [2.45, 2.75) is 45.4 Å². The fraction of sp³-hybridized carbons (Fsp3) is 0.538. The summed E-state index contributed by atoms with van der Waals surface area (Å²) in [4.78, 5) is 8.13. The average molecular weight is 206 g/mol. The van der Waals surface area contributed by atoms with Crippen molar-refractivity contribution in [1.29, 1.82) is 0 Å². The Morgan fingerprint density at radius 1 is 1.07 bits per heavy atom. The highest BCUT2D eigenvalue weighted by molar-refractivity contribution is 6.30. The largest absolute Gasteiger partial charge is 0.263 e. The molecule has 0 unspecified atom stereocenters. The first-order valence-corrected chi connectivity index (χ1v) is 5.66. The minimum Gasteiger partial charge on any atom is -0.263 e. The minimum atomic E-state index is 0.979. The fourth-order valence-electron chi connectivity index (χ4n) is 1.33. The molecule has 0 N–H and O–H groups in total. The van der Waals surface area contributed by atoms with Crippen molar-refractivity contribution in [2.75, 3.05) is 0 Å². The van der Waals surface area contributed by atoms with Crippen molar-refractivity contribution in [1.82, 2.24) is 0 Å². The van der Waals surface area contributed by atoms with Gasteiger partial charge in [0.05, 0.1) is 5.71 Å². The second kappa shape index (κ2) is 10.9. The van der Waals surface area contributed by atoms with Crippen LogP contribution in [0.4, 0.5) is 0 Å². The first-order chi connectivity index (χ1) is 7.35. The zero-order valence-electron chi connectivity index (χ0n) is 9.78. The van der Waals surface area contributed by atoms with E-state index in [0.29, 0.717) is 0 Å². The van der Waals surface area contributed by atoms with E-state index in [1.54, 1.807) is 12.4 Å². The van der Waals surface area contributed by atoms with Gasteiger partial charge in [-0.3, -0.25) is 9.98 Å². The lowest BCUT2D eigenvalue weighted by Gasteiger charge is -1.99. The van der Waals surface area contributed by atoms with E-state index in [1.165, 1.54) is 38.3 Å². The van der Waals surface area contributed by atoms with Gasteiger partial charge in [0.25, 0.3) is 0 Å². The van der Waals surface area contributed by atoms with Crippen LogP contribution < -0.4 is 0 Å². The number of hydrogen-bond donors (Lipinski definition) is 0. The minimum absolute atomic E-state index is 0.979. The highest BCUT2D eigenvalue weighted by Crippen LogP contribution is 2.05. The van der Waals surface area contributed by atoms with Crippen molar-refractivity contribution < 1.29 is 0 Å². The summed E-state index contributed by atoms with van der Waals surface area (Å²) < 4.78 is 0. The zero-order valence-corrected chi connectivity index (χ0v) is 9.78. The van der Waals surface area contributed by atoms with Crippen LogP contribution in [-0.4, -0.2) is 11.9 Å². The Kier molecular flexibility index (Phi) is 10.0. The molecular formula is C13H22N2. The molecule has 0 bridgehead atoms. The van der Waals surface area contributed by atoms with Crippen LogP contribution in [0.2, 0.25) is 0 Å². The van der Waals surface area contributed by atoms with Crippen LogP contribution in [0, 0.1) is 0 Å².